The Kier molecular flexibility index (Phi) is 8.48. The van der Waals surface area contributed by atoms with Gasteiger partial charge in [0.1, 0.15) is 0 Å². The number of nitrogens with zero attached hydrogens (tertiary/aromatic N) is 1. The number of rotatable bonds is 12. The van der Waals surface area contributed by atoms with Gasteiger partial charge in [-0.25, -0.2) is 0 Å². The fraction of sp³-hybridized carbons (Fsp3) is 0.371. The predicted octanol–water partition coefficient (Wildman–Crippen LogP) is 7.90. The quantitative estimate of drug-likeness (QED) is 0.132. The van der Waals surface area contributed by atoms with Crippen molar-refractivity contribution in [1.29, 1.82) is 0 Å². The van der Waals surface area contributed by atoms with Gasteiger partial charge in [0.05, 0.1) is 12.2 Å². The van der Waals surface area contributed by atoms with Crippen molar-refractivity contribution in [1.82, 2.24) is 4.57 Å². The van der Waals surface area contributed by atoms with E-state index in [1.54, 1.807) is 0 Å². The van der Waals surface area contributed by atoms with Crippen LogP contribution in [-0.2, 0) is 28.3 Å². The second-order valence-corrected chi connectivity index (χ2v) is 10.6. The lowest BCUT2D eigenvalue weighted by Crippen LogP contribution is -2.35. The van der Waals surface area contributed by atoms with Gasteiger partial charge in [-0.05, 0) is 62.9 Å². The molecule has 2 heterocycles. The molecule has 1 aliphatic rings. The highest BCUT2D eigenvalue weighted by Crippen LogP contribution is 2.47. The first-order valence-electron chi connectivity index (χ1n) is 14.8. The van der Waals surface area contributed by atoms with Gasteiger partial charge in [-0.3, -0.25) is 9.59 Å². The lowest BCUT2D eigenvalue weighted by atomic mass is 9.98. The number of benzene rings is 3. The van der Waals surface area contributed by atoms with Crippen LogP contribution in [0.4, 0.5) is 0 Å². The molecule has 0 fully saturated rings. The Morgan fingerprint density at radius 3 is 2.39 bits per heavy atom. The van der Waals surface area contributed by atoms with Crippen LogP contribution in [0.3, 0.4) is 0 Å². The minimum Gasteiger partial charge on any atom is -0.466 e. The van der Waals surface area contributed by atoms with Crippen molar-refractivity contribution in [2.24, 2.45) is 0 Å². The average Bonchev–Trinajstić information content (AvgIpc) is 3.50. The van der Waals surface area contributed by atoms with Crippen molar-refractivity contribution in [3.63, 3.8) is 0 Å². The molecule has 6 nitrogen and oxygen atoms in total. The van der Waals surface area contributed by atoms with E-state index in [1.807, 2.05) is 56.3 Å². The van der Waals surface area contributed by atoms with E-state index in [0.717, 1.165) is 41.4 Å². The molecule has 0 amide bonds. The summed E-state index contributed by atoms with van der Waals surface area (Å²) in [6.07, 6.45) is 4.62. The topological polar surface area (TPSA) is 66.8 Å². The minimum atomic E-state index is -0.906. The van der Waals surface area contributed by atoms with Gasteiger partial charge in [0.2, 0.25) is 0 Å². The number of unbranched alkanes of at least 4 members (excludes halogenated alkanes) is 1. The SMILES string of the molecule is CCCCC1(c2ccc(CC)cc2)Oc2ccc(C(=O)c3c(C)n(CCCC(=O)OCC)c4ccccc34)cc2O1. The zero-order valence-corrected chi connectivity index (χ0v) is 24.5. The molecule has 0 aliphatic carbocycles. The van der Waals surface area contributed by atoms with E-state index in [-0.39, 0.29) is 11.8 Å². The Labute approximate surface area is 242 Å². The molecule has 0 spiro atoms. The molecule has 1 aromatic heterocycles. The number of ketones is 1. The van der Waals surface area contributed by atoms with Gasteiger partial charge in [0.15, 0.2) is 17.3 Å². The predicted molar refractivity (Wildman–Crippen MR) is 161 cm³/mol. The molecule has 4 aromatic rings. The highest BCUT2D eigenvalue weighted by Gasteiger charge is 2.43. The van der Waals surface area contributed by atoms with Crippen LogP contribution in [0.15, 0.2) is 66.7 Å². The molecular formula is C35H39NO5. The Bertz CT molecular complexity index is 1550. The van der Waals surface area contributed by atoms with E-state index >= 15 is 0 Å². The summed E-state index contributed by atoms with van der Waals surface area (Å²) >= 11 is 0. The number of hydrogen-bond acceptors (Lipinski definition) is 5. The van der Waals surface area contributed by atoms with Crippen LogP contribution in [0.5, 0.6) is 11.5 Å². The summed E-state index contributed by atoms with van der Waals surface area (Å²) in [5.74, 6) is 0.0665. The first kappa shape index (κ1) is 28.5. The van der Waals surface area contributed by atoms with Gasteiger partial charge in [-0.15, -0.1) is 0 Å². The van der Waals surface area contributed by atoms with Crippen molar-refractivity contribution in [2.75, 3.05) is 6.61 Å². The van der Waals surface area contributed by atoms with Crippen molar-refractivity contribution in [2.45, 2.75) is 78.6 Å². The summed E-state index contributed by atoms with van der Waals surface area (Å²) < 4.78 is 20.3. The summed E-state index contributed by atoms with van der Waals surface area (Å²) in [7, 11) is 0. The molecule has 214 valence electrons. The third-order valence-electron chi connectivity index (χ3n) is 7.94. The number of carbonyl (C=O) groups excluding carboxylic acids is 2. The van der Waals surface area contributed by atoms with Crippen LogP contribution in [-0.4, -0.2) is 22.9 Å². The molecule has 0 radical (unpaired) electrons. The standard InChI is InChI=1S/C35H39NO5/c1-5-8-21-35(27-18-15-25(6-2)16-19-27)40-30-20-17-26(23-31(30)41-35)34(38)33-24(4)36(22-11-14-32(37)39-7-3)29-13-10-9-12-28(29)33/h9-10,12-13,15-20,23H,5-8,11,14,21-22H2,1-4H3. The maximum Gasteiger partial charge on any atom is 0.305 e. The fourth-order valence-corrected chi connectivity index (χ4v) is 5.72. The van der Waals surface area contributed by atoms with Gasteiger partial charge in [-0.1, -0.05) is 62.7 Å². The fourth-order valence-electron chi connectivity index (χ4n) is 5.72. The molecule has 0 saturated carbocycles. The van der Waals surface area contributed by atoms with E-state index in [9.17, 15) is 9.59 Å². The maximum absolute atomic E-state index is 14.1. The van der Waals surface area contributed by atoms with Crippen molar-refractivity contribution in [3.8, 4) is 11.5 Å². The van der Waals surface area contributed by atoms with Gasteiger partial charge in [0.25, 0.3) is 5.79 Å². The highest BCUT2D eigenvalue weighted by molar-refractivity contribution is 6.17. The molecule has 5 rings (SSSR count). The second-order valence-electron chi connectivity index (χ2n) is 10.6. The van der Waals surface area contributed by atoms with E-state index in [0.29, 0.717) is 55.0 Å². The molecule has 1 unspecified atom stereocenters. The lowest BCUT2D eigenvalue weighted by molar-refractivity contribution is -0.143. The minimum absolute atomic E-state index is 0.0624. The summed E-state index contributed by atoms with van der Waals surface area (Å²) in [5, 5.41) is 0.900. The van der Waals surface area contributed by atoms with E-state index in [4.69, 9.17) is 14.2 Å². The number of aromatic nitrogens is 1. The first-order valence-corrected chi connectivity index (χ1v) is 14.8. The molecule has 0 bridgehead atoms. The summed E-state index contributed by atoms with van der Waals surface area (Å²) in [6.45, 7) is 9.08. The summed E-state index contributed by atoms with van der Waals surface area (Å²) in [6, 6.07) is 21.9. The second kappa shape index (κ2) is 12.2. The number of hydrogen-bond donors (Lipinski definition) is 0. The summed E-state index contributed by atoms with van der Waals surface area (Å²) in [4.78, 5) is 25.9. The van der Waals surface area contributed by atoms with Crippen LogP contribution in [0, 0.1) is 6.92 Å². The lowest BCUT2D eigenvalue weighted by Gasteiger charge is -2.28. The van der Waals surface area contributed by atoms with Gasteiger partial charge in [0, 0.05) is 47.1 Å². The molecular weight excluding hydrogens is 514 g/mol. The first-order chi connectivity index (χ1) is 19.9. The molecule has 6 heteroatoms. The summed E-state index contributed by atoms with van der Waals surface area (Å²) in [5.41, 5.74) is 5.32. The molecule has 0 N–H and O–H groups in total. The zero-order chi connectivity index (χ0) is 29.0. The normalized spacial score (nSPS) is 15.8. The smallest absolute Gasteiger partial charge is 0.305 e. The average molecular weight is 554 g/mol. The highest BCUT2D eigenvalue weighted by atomic mass is 16.7. The number of ether oxygens (including phenoxy) is 3. The Hall–Kier alpha value is -4.06. The molecule has 0 saturated heterocycles. The van der Waals surface area contributed by atoms with Crippen molar-refractivity contribution >= 4 is 22.7 Å². The van der Waals surface area contributed by atoms with Crippen LogP contribution >= 0.6 is 0 Å². The molecule has 3 aromatic carbocycles. The van der Waals surface area contributed by atoms with E-state index in [1.165, 1.54) is 5.56 Å². The zero-order valence-electron chi connectivity index (χ0n) is 24.5. The largest absolute Gasteiger partial charge is 0.466 e. The van der Waals surface area contributed by atoms with Gasteiger partial charge >= 0.3 is 5.97 Å². The van der Waals surface area contributed by atoms with Crippen LogP contribution in [0.2, 0.25) is 0 Å². The molecule has 1 atom stereocenters. The Morgan fingerprint density at radius 1 is 0.902 bits per heavy atom. The third-order valence-corrected chi connectivity index (χ3v) is 7.94. The third kappa shape index (κ3) is 5.61. The van der Waals surface area contributed by atoms with Crippen LogP contribution in [0.1, 0.15) is 85.6 Å². The van der Waals surface area contributed by atoms with E-state index in [2.05, 4.69) is 42.7 Å². The number of carbonyl (C=O) groups is 2. The molecule has 41 heavy (non-hydrogen) atoms. The van der Waals surface area contributed by atoms with Gasteiger partial charge < -0.3 is 18.8 Å². The molecule has 1 aliphatic heterocycles. The monoisotopic (exact) mass is 553 g/mol. The van der Waals surface area contributed by atoms with Crippen LogP contribution in [0.25, 0.3) is 10.9 Å². The number of para-hydroxylation sites is 1. The number of esters is 1. The Morgan fingerprint density at radius 2 is 1.66 bits per heavy atom. The van der Waals surface area contributed by atoms with Crippen molar-refractivity contribution in [3.05, 3.63) is 94.7 Å². The van der Waals surface area contributed by atoms with Gasteiger partial charge in [-0.2, -0.15) is 0 Å². The van der Waals surface area contributed by atoms with Crippen molar-refractivity contribution < 1.29 is 23.8 Å². The number of fused-ring (bicyclic) bond motifs is 2. The van der Waals surface area contributed by atoms with E-state index < -0.39 is 5.79 Å². The number of aryl methyl sites for hydroxylation is 2. The Balaban J connectivity index is 1.45. The maximum atomic E-state index is 14.1. The van der Waals surface area contributed by atoms with Crippen LogP contribution < -0.4 is 9.47 Å².